The van der Waals surface area contributed by atoms with E-state index in [1.54, 1.807) is 18.2 Å². The third-order valence-electron chi connectivity index (χ3n) is 3.44. The molecular formula is C15H14N2O3S. The van der Waals surface area contributed by atoms with Gasteiger partial charge in [-0.3, -0.25) is 4.79 Å². The van der Waals surface area contributed by atoms with Crippen LogP contribution in [0.4, 0.5) is 5.69 Å². The molecule has 1 unspecified atom stereocenters. The average Bonchev–Trinajstić information content (AvgIpc) is 2.92. The van der Waals surface area contributed by atoms with Crippen LogP contribution in [0.2, 0.25) is 0 Å². The van der Waals surface area contributed by atoms with Gasteiger partial charge in [0.2, 0.25) is 5.91 Å². The van der Waals surface area contributed by atoms with Crippen LogP contribution < -0.4 is 10.0 Å². The normalized spacial score (nSPS) is 16.9. The first-order valence-corrected chi connectivity index (χ1v) is 8.01. The minimum atomic E-state index is -3.83. The molecule has 0 bridgehead atoms. The number of para-hydroxylation sites is 1. The third-order valence-corrected chi connectivity index (χ3v) is 4.80. The number of nitrogens with one attached hydrogen (secondary N) is 2. The van der Waals surface area contributed by atoms with Gasteiger partial charge in [-0.2, -0.15) is 0 Å². The molecule has 2 N–H and O–H groups in total. The fourth-order valence-corrected chi connectivity index (χ4v) is 3.42. The first-order chi connectivity index (χ1) is 10.1. The van der Waals surface area contributed by atoms with E-state index in [-0.39, 0.29) is 4.90 Å². The van der Waals surface area contributed by atoms with Crippen molar-refractivity contribution in [1.82, 2.24) is 4.72 Å². The van der Waals surface area contributed by atoms with Crippen molar-refractivity contribution in [3.63, 3.8) is 0 Å². The highest BCUT2D eigenvalue weighted by atomic mass is 32.2. The van der Waals surface area contributed by atoms with Gasteiger partial charge in [-0.25, -0.2) is 13.1 Å². The summed E-state index contributed by atoms with van der Waals surface area (Å²) in [6.07, 6.45) is 0. The minimum absolute atomic E-state index is 0.0811. The summed E-state index contributed by atoms with van der Waals surface area (Å²) in [5.41, 5.74) is 1.69. The second-order valence-electron chi connectivity index (χ2n) is 4.80. The molecule has 0 aromatic heterocycles. The van der Waals surface area contributed by atoms with Gasteiger partial charge >= 0.3 is 0 Å². The average molecular weight is 302 g/mol. The molecule has 6 heteroatoms. The topological polar surface area (TPSA) is 75.3 Å². The zero-order valence-electron chi connectivity index (χ0n) is 11.1. The maximum Gasteiger partial charge on any atom is 0.264 e. The van der Waals surface area contributed by atoms with Gasteiger partial charge in [-0.15, -0.1) is 0 Å². The number of hydrogen-bond acceptors (Lipinski definition) is 4. The summed E-state index contributed by atoms with van der Waals surface area (Å²) in [6, 6.07) is 15.3. The quantitative estimate of drug-likeness (QED) is 0.905. The van der Waals surface area contributed by atoms with Crippen LogP contribution in [0, 0.1) is 0 Å². The zero-order valence-corrected chi connectivity index (χ0v) is 11.9. The van der Waals surface area contributed by atoms with Crippen LogP contribution >= 0.6 is 0 Å². The van der Waals surface area contributed by atoms with E-state index in [1.807, 2.05) is 24.3 Å². The molecule has 21 heavy (non-hydrogen) atoms. The number of fused-ring (bicyclic) bond motifs is 1. The van der Waals surface area contributed by atoms with E-state index in [1.165, 1.54) is 12.1 Å². The van der Waals surface area contributed by atoms with Crippen LogP contribution in [0.15, 0.2) is 59.5 Å². The maximum atomic E-state index is 12.3. The lowest BCUT2D eigenvalue weighted by Gasteiger charge is -2.11. The molecule has 0 radical (unpaired) electrons. The first-order valence-electron chi connectivity index (χ1n) is 6.52. The highest BCUT2D eigenvalue weighted by Crippen LogP contribution is 2.31. The standard InChI is InChI=1S/C15H14N2O3S/c18-15(13-10-16-14-9-5-4-8-12(13)14)17-21(19,20)11-6-2-1-3-7-11/h1-9,13,16H,10H2,(H,17,18). The fourth-order valence-electron chi connectivity index (χ4n) is 2.38. The lowest BCUT2D eigenvalue weighted by atomic mass is 10.0. The van der Waals surface area contributed by atoms with Crippen LogP contribution in [0.1, 0.15) is 11.5 Å². The maximum absolute atomic E-state index is 12.3. The van der Waals surface area contributed by atoms with E-state index in [0.717, 1.165) is 11.3 Å². The molecule has 1 amide bonds. The summed E-state index contributed by atoms with van der Waals surface area (Å²) in [4.78, 5) is 12.3. The Labute approximate surface area is 123 Å². The van der Waals surface area contributed by atoms with Crippen LogP contribution in [0.3, 0.4) is 0 Å². The van der Waals surface area contributed by atoms with Crippen molar-refractivity contribution in [2.24, 2.45) is 0 Å². The van der Waals surface area contributed by atoms with Gasteiger partial charge in [0.05, 0.1) is 10.8 Å². The molecule has 1 aliphatic rings. The molecule has 1 heterocycles. The van der Waals surface area contributed by atoms with Crippen LogP contribution in [0.25, 0.3) is 0 Å². The van der Waals surface area contributed by atoms with Gasteiger partial charge in [0, 0.05) is 12.2 Å². The molecule has 0 aliphatic carbocycles. The number of benzene rings is 2. The van der Waals surface area contributed by atoms with Crippen molar-refractivity contribution in [2.75, 3.05) is 11.9 Å². The molecule has 3 rings (SSSR count). The highest BCUT2D eigenvalue weighted by Gasteiger charge is 2.30. The Morgan fingerprint density at radius 1 is 1.05 bits per heavy atom. The number of amides is 1. The first kappa shape index (κ1) is 13.6. The Balaban J connectivity index is 1.82. The Morgan fingerprint density at radius 3 is 2.48 bits per heavy atom. The Hall–Kier alpha value is -2.34. The van der Waals surface area contributed by atoms with Crippen molar-refractivity contribution in [3.05, 3.63) is 60.2 Å². The van der Waals surface area contributed by atoms with Gasteiger partial charge in [-0.05, 0) is 23.8 Å². The Bertz CT molecular complexity index is 773. The Kier molecular flexibility index (Phi) is 3.39. The fraction of sp³-hybridized carbons (Fsp3) is 0.133. The van der Waals surface area contributed by atoms with E-state index in [4.69, 9.17) is 0 Å². The number of anilines is 1. The molecule has 5 nitrogen and oxygen atoms in total. The summed E-state index contributed by atoms with van der Waals surface area (Å²) in [7, 11) is -3.83. The zero-order chi connectivity index (χ0) is 14.9. The van der Waals surface area contributed by atoms with Crippen molar-refractivity contribution in [2.45, 2.75) is 10.8 Å². The predicted molar refractivity (Wildman–Crippen MR) is 79.4 cm³/mol. The molecule has 108 valence electrons. The number of hydrogen-bond donors (Lipinski definition) is 2. The summed E-state index contributed by atoms with van der Waals surface area (Å²) >= 11 is 0. The minimum Gasteiger partial charge on any atom is -0.384 e. The summed E-state index contributed by atoms with van der Waals surface area (Å²) in [5, 5.41) is 3.10. The van der Waals surface area contributed by atoms with Gasteiger partial charge in [0.15, 0.2) is 0 Å². The lowest BCUT2D eigenvalue weighted by molar-refractivity contribution is -0.120. The van der Waals surface area contributed by atoms with E-state index >= 15 is 0 Å². The molecular weight excluding hydrogens is 288 g/mol. The summed E-state index contributed by atoms with van der Waals surface area (Å²) in [6.45, 7) is 0.398. The van der Waals surface area contributed by atoms with Crippen molar-refractivity contribution in [3.8, 4) is 0 Å². The van der Waals surface area contributed by atoms with Crippen molar-refractivity contribution in [1.29, 1.82) is 0 Å². The lowest BCUT2D eigenvalue weighted by Crippen LogP contribution is -2.35. The number of rotatable bonds is 3. The molecule has 0 spiro atoms. The molecule has 1 aliphatic heterocycles. The number of sulfonamides is 1. The smallest absolute Gasteiger partial charge is 0.264 e. The number of carbonyl (C=O) groups is 1. The van der Waals surface area contributed by atoms with Crippen LogP contribution in [-0.2, 0) is 14.8 Å². The van der Waals surface area contributed by atoms with Crippen LogP contribution in [0.5, 0.6) is 0 Å². The van der Waals surface area contributed by atoms with Gasteiger partial charge in [-0.1, -0.05) is 36.4 Å². The molecule has 0 saturated carbocycles. The molecule has 0 saturated heterocycles. The van der Waals surface area contributed by atoms with Gasteiger partial charge < -0.3 is 5.32 Å². The van der Waals surface area contributed by atoms with E-state index in [2.05, 4.69) is 10.0 Å². The highest BCUT2D eigenvalue weighted by molar-refractivity contribution is 7.90. The van der Waals surface area contributed by atoms with E-state index in [9.17, 15) is 13.2 Å². The largest absolute Gasteiger partial charge is 0.384 e. The van der Waals surface area contributed by atoms with E-state index in [0.29, 0.717) is 6.54 Å². The van der Waals surface area contributed by atoms with E-state index < -0.39 is 21.8 Å². The molecule has 2 aromatic rings. The van der Waals surface area contributed by atoms with Crippen molar-refractivity contribution < 1.29 is 13.2 Å². The Morgan fingerprint density at radius 2 is 1.71 bits per heavy atom. The van der Waals surface area contributed by atoms with Crippen molar-refractivity contribution >= 4 is 21.6 Å². The van der Waals surface area contributed by atoms with Gasteiger partial charge in [0.1, 0.15) is 0 Å². The second-order valence-corrected chi connectivity index (χ2v) is 6.49. The monoisotopic (exact) mass is 302 g/mol. The SMILES string of the molecule is O=C(NS(=O)(=O)c1ccccc1)C1CNc2ccccc21. The van der Waals surface area contributed by atoms with Gasteiger partial charge in [0.25, 0.3) is 10.0 Å². The molecule has 1 atom stereocenters. The molecule has 2 aromatic carbocycles. The summed E-state index contributed by atoms with van der Waals surface area (Å²) in [5.74, 6) is -1.02. The number of carbonyl (C=O) groups excluding carboxylic acids is 1. The van der Waals surface area contributed by atoms with Crippen LogP contribution in [-0.4, -0.2) is 20.9 Å². The molecule has 0 fully saturated rings. The predicted octanol–water partition coefficient (Wildman–Crippen LogP) is 1.70. The second kappa shape index (κ2) is 5.21. The summed E-state index contributed by atoms with van der Waals surface area (Å²) < 4.78 is 26.5. The third kappa shape index (κ3) is 2.62.